The largest absolute Gasteiger partial charge is 0.359 e. The third-order valence-corrected chi connectivity index (χ3v) is 3.68. The molecule has 0 aliphatic rings. The molecule has 0 unspecified atom stereocenters. The summed E-state index contributed by atoms with van der Waals surface area (Å²) >= 11 is 0. The smallest absolute Gasteiger partial charge is 0.0381 e. The fourth-order valence-corrected chi connectivity index (χ4v) is 2.53. The maximum atomic E-state index is 4.14. The summed E-state index contributed by atoms with van der Waals surface area (Å²) in [5.41, 5.74) is 3.71. The molecule has 0 fully saturated rings. The highest BCUT2D eigenvalue weighted by molar-refractivity contribution is 5.48. The van der Waals surface area contributed by atoms with Crippen LogP contribution in [0.4, 0.5) is 5.69 Å². The van der Waals surface area contributed by atoms with Crippen molar-refractivity contribution in [2.45, 2.75) is 66.2 Å². The van der Waals surface area contributed by atoms with Gasteiger partial charge in [0, 0.05) is 11.4 Å². The zero-order chi connectivity index (χ0) is 15.7. The van der Waals surface area contributed by atoms with Gasteiger partial charge >= 0.3 is 0 Å². The molecule has 21 heavy (non-hydrogen) atoms. The first-order chi connectivity index (χ1) is 9.97. The van der Waals surface area contributed by atoms with Crippen molar-refractivity contribution < 1.29 is 0 Å². The minimum atomic E-state index is 0.713. The van der Waals surface area contributed by atoms with Crippen molar-refractivity contribution in [3.63, 3.8) is 0 Å². The summed E-state index contributed by atoms with van der Waals surface area (Å²) in [6, 6.07) is 8.78. The number of nitrogens with one attached hydrogen (secondary N) is 1. The van der Waals surface area contributed by atoms with E-state index in [0.717, 1.165) is 30.1 Å². The van der Waals surface area contributed by atoms with Crippen molar-refractivity contribution in [1.29, 1.82) is 0 Å². The van der Waals surface area contributed by atoms with Gasteiger partial charge in [-0.1, -0.05) is 65.7 Å². The van der Waals surface area contributed by atoms with Crippen LogP contribution in [-0.4, -0.2) is 0 Å². The topological polar surface area (TPSA) is 12.0 Å². The Kier molecular flexibility index (Phi) is 8.19. The number of unbranched alkanes of at least 4 members (excludes halogenated alkanes) is 2. The maximum Gasteiger partial charge on any atom is 0.0381 e. The fourth-order valence-electron chi connectivity index (χ4n) is 2.53. The molecule has 0 atom stereocenters. The van der Waals surface area contributed by atoms with E-state index in [1.807, 2.05) is 0 Å². The van der Waals surface area contributed by atoms with E-state index in [1.165, 1.54) is 31.2 Å². The first-order valence-corrected chi connectivity index (χ1v) is 8.51. The molecule has 0 spiro atoms. The molecule has 1 nitrogen and oxygen atoms in total. The Hall–Kier alpha value is -1.24. The van der Waals surface area contributed by atoms with Crippen molar-refractivity contribution in [3.8, 4) is 0 Å². The van der Waals surface area contributed by atoms with Crippen molar-refractivity contribution >= 4 is 5.69 Å². The van der Waals surface area contributed by atoms with E-state index in [-0.39, 0.29) is 0 Å². The lowest BCUT2D eigenvalue weighted by molar-refractivity contribution is 0.527. The second-order valence-electron chi connectivity index (χ2n) is 7.02. The predicted molar refractivity (Wildman–Crippen MR) is 95.7 cm³/mol. The molecule has 0 radical (unpaired) electrons. The second-order valence-corrected chi connectivity index (χ2v) is 7.02. The molecule has 1 N–H and O–H groups in total. The SMILES string of the molecule is C=C(CCCCCC(C)C)Nc1ccc(CC(C)C)cc1. The lowest BCUT2D eigenvalue weighted by atomic mass is 10.0. The van der Waals surface area contributed by atoms with E-state index < -0.39 is 0 Å². The van der Waals surface area contributed by atoms with Crippen LogP contribution in [0.3, 0.4) is 0 Å². The Morgan fingerprint density at radius 2 is 1.62 bits per heavy atom. The Balaban J connectivity index is 2.25. The molecular weight excluding hydrogens is 254 g/mol. The van der Waals surface area contributed by atoms with Crippen LogP contribution in [0, 0.1) is 11.8 Å². The highest BCUT2D eigenvalue weighted by atomic mass is 14.9. The number of benzene rings is 1. The minimum Gasteiger partial charge on any atom is -0.359 e. The van der Waals surface area contributed by atoms with Crippen LogP contribution in [0.15, 0.2) is 36.5 Å². The Bertz CT molecular complexity index is 400. The number of anilines is 1. The van der Waals surface area contributed by atoms with Gasteiger partial charge < -0.3 is 5.32 Å². The molecule has 0 aromatic heterocycles. The quantitative estimate of drug-likeness (QED) is 0.490. The van der Waals surface area contributed by atoms with Gasteiger partial charge in [0.1, 0.15) is 0 Å². The van der Waals surface area contributed by atoms with Crippen LogP contribution in [0.2, 0.25) is 0 Å². The normalized spacial score (nSPS) is 11.1. The van der Waals surface area contributed by atoms with Crippen molar-refractivity contribution in [2.75, 3.05) is 5.32 Å². The summed E-state index contributed by atoms with van der Waals surface area (Å²) < 4.78 is 0. The zero-order valence-corrected chi connectivity index (χ0v) is 14.4. The number of hydrogen-bond acceptors (Lipinski definition) is 1. The summed E-state index contributed by atoms with van der Waals surface area (Å²) in [5, 5.41) is 3.43. The van der Waals surface area contributed by atoms with Gasteiger partial charge in [-0.25, -0.2) is 0 Å². The van der Waals surface area contributed by atoms with Gasteiger partial charge in [0.15, 0.2) is 0 Å². The molecule has 0 aliphatic carbocycles. The second kappa shape index (κ2) is 9.65. The first-order valence-electron chi connectivity index (χ1n) is 8.51. The lowest BCUT2D eigenvalue weighted by Crippen LogP contribution is -1.99. The van der Waals surface area contributed by atoms with Crippen LogP contribution >= 0.6 is 0 Å². The summed E-state index contributed by atoms with van der Waals surface area (Å²) in [4.78, 5) is 0. The van der Waals surface area contributed by atoms with Crippen molar-refractivity contribution in [2.24, 2.45) is 11.8 Å². The van der Waals surface area contributed by atoms with Gasteiger partial charge in [0.2, 0.25) is 0 Å². The van der Waals surface area contributed by atoms with Crippen LogP contribution in [0.25, 0.3) is 0 Å². The zero-order valence-electron chi connectivity index (χ0n) is 14.4. The van der Waals surface area contributed by atoms with E-state index in [0.29, 0.717) is 5.92 Å². The van der Waals surface area contributed by atoms with Gasteiger partial charge in [-0.3, -0.25) is 0 Å². The fraction of sp³-hybridized carbons (Fsp3) is 0.600. The Labute approximate surface area is 131 Å². The van der Waals surface area contributed by atoms with Crippen molar-refractivity contribution in [1.82, 2.24) is 0 Å². The summed E-state index contributed by atoms with van der Waals surface area (Å²) in [5.74, 6) is 1.54. The molecule has 0 bridgehead atoms. The molecular formula is C20H33N. The van der Waals surface area contributed by atoms with Crippen LogP contribution in [-0.2, 0) is 6.42 Å². The molecule has 0 amide bonds. The van der Waals surface area contributed by atoms with Crippen LogP contribution < -0.4 is 5.32 Å². The molecule has 0 saturated carbocycles. The number of allylic oxidation sites excluding steroid dienone is 1. The van der Waals surface area contributed by atoms with Crippen LogP contribution in [0.5, 0.6) is 0 Å². The standard InChI is InChI=1S/C20H33N/c1-16(2)9-7-6-8-10-18(5)21-20-13-11-19(12-14-20)15-17(3)4/h11-14,16-17,21H,5-10,15H2,1-4H3. The van der Waals surface area contributed by atoms with Crippen molar-refractivity contribution in [3.05, 3.63) is 42.1 Å². The number of rotatable bonds is 10. The third-order valence-electron chi connectivity index (χ3n) is 3.68. The van der Waals surface area contributed by atoms with Crippen LogP contribution in [0.1, 0.15) is 65.4 Å². The summed E-state index contributed by atoms with van der Waals surface area (Å²) in [6.07, 6.45) is 7.46. The first kappa shape index (κ1) is 17.8. The number of hydrogen-bond donors (Lipinski definition) is 1. The minimum absolute atomic E-state index is 0.713. The van der Waals surface area contributed by atoms with Gasteiger partial charge in [-0.2, -0.15) is 0 Å². The lowest BCUT2D eigenvalue weighted by Gasteiger charge is -2.11. The molecule has 1 aromatic rings. The van der Waals surface area contributed by atoms with E-state index in [2.05, 4.69) is 63.9 Å². The average molecular weight is 287 g/mol. The van der Waals surface area contributed by atoms with Gasteiger partial charge in [0.05, 0.1) is 0 Å². The molecule has 1 aromatic carbocycles. The summed E-state index contributed by atoms with van der Waals surface area (Å²) in [6.45, 7) is 13.2. The van der Waals surface area contributed by atoms with E-state index in [1.54, 1.807) is 0 Å². The molecule has 0 heterocycles. The van der Waals surface area contributed by atoms with E-state index >= 15 is 0 Å². The average Bonchev–Trinajstić information content (AvgIpc) is 2.39. The van der Waals surface area contributed by atoms with E-state index in [4.69, 9.17) is 0 Å². The molecule has 0 saturated heterocycles. The maximum absolute atomic E-state index is 4.14. The monoisotopic (exact) mass is 287 g/mol. The highest BCUT2D eigenvalue weighted by Gasteiger charge is 2.00. The van der Waals surface area contributed by atoms with E-state index in [9.17, 15) is 0 Å². The van der Waals surface area contributed by atoms with Gasteiger partial charge in [0.25, 0.3) is 0 Å². The molecule has 1 rings (SSSR count). The molecule has 1 heteroatoms. The third kappa shape index (κ3) is 8.60. The highest BCUT2D eigenvalue weighted by Crippen LogP contribution is 2.17. The van der Waals surface area contributed by atoms with Gasteiger partial charge in [-0.05, 0) is 48.8 Å². The molecule has 118 valence electrons. The Morgan fingerprint density at radius 1 is 0.952 bits per heavy atom. The summed E-state index contributed by atoms with van der Waals surface area (Å²) in [7, 11) is 0. The molecule has 0 aliphatic heterocycles. The predicted octanol–water partition coefficient (Wildman–Crippen LogP) is 6.42. The van der Waals surface area contributed by atoms with Gasteiger partial charge in [-0.15, -0.1) is 0 Å². The Morgan fingerprint density at radius 3 is 2.19 bits per heavy atom.